The lowest BCUT2D eigenvalue weighted by Crippen LogP contribution is -2.35. The van der Waals surface area contributed by atoms with Crippen LogP contribution < -0.4 is 10.6 Å². The Labute approximate surface area is 158 Å². The molecule has 2 aromatic heterocycles. The number of aromatic nitrogens is 2. The van der Waals surface area contributed by atoms with Crippen LogP contribution in [0.1, 0.15) is 40.3 Å². The summed E-state index contributed by atoms with van der Waals surface area (Å²) in [6, 6.07) is 9.09. The van der Waals surface area contributed by atoms with E-state index in [4.69, 9.17) is 4.42 Å². The summed E-state index contributed by atoms with van der Waals surface area (Å²) in [5.74, 6) is -0.0700. The van der Waals surface area contributed by atoms with Gasteiger partial charge in [0.25, 0.3) is 5.91 Å². The molecule has 1 aliphatic rings. The second-order valence-corrected chi connectivity index (χ2v) is 6.68. The second-order valence-electron chi connectivity index (χ2n) is 6.68. The van der Waals surface area contributed by atoms with Gasteiger partial charge in [0.2, 0.25) is 0 Å². The SMILES string of the molecule is Cc1ccc(NC(=O)c2cc3n(n2)C(C(F)(F)F)CC(c2ccco2)N3)cc1. The number of hydrogen-bond donors (Lipinski definition) is 2. The fraction of sp³-hybridized carbons (Fsp3) is 0.263. The van der Waals surface area contributed by atoms with E-state index in [-0.39, 0.29) is 17.9 Å². The molecule has 0 spiro atoms. The van der Waals surface area contributed by atoms with Gasteiger partial charge in [0, 0.05) is 18.2 Å². The summed E-state index contributed by atoms with van der Waals surface area (Å²) in [4.78, 5) is 12.5. The average Bonchev–Trinajstić information content (AvgIpc) is 3.31. The lowest BCUT2D eigenvalue weighted by atomic mass is 10.0. The molecule has 0 saturated heterocycles. The number of carbonyl (C=O) groups excluding carboxylic acids is 1. The van der Waals surface area contributed by atoms with Gasteiger partial charge < -0.3 is 15.1 Å². The number of nitrogens with zero attached hydrogens (tertiary/aromatic N) is 2. The smallest absolute Gasteiger partial charge is 0.410 e. The number of anilines is 2. The fourth-order valence-corrected chi connectivity index (χ4v) is 3.19. The number of benzene rings is 1. The Balaban J connectivity index is 1.63. The first kappa shape index (κ1) is 18.1. The summed E-state index contributed by atoms with van der Waals surface area (Å²) >= 11 is 0. The molecule has 2 atom stereocenters. The van der Waals surface area contributed by atoms with Crippen molar-refractivity contribution < 1.29 is 22.4 Å². The average molecular weight is 390 g/mol. The Hall–Kier alpha value is -3.23. The predicted octanol–water partition coefficient (Wildman–Crippen LogP) is 4.70. The third-order valence-electron chi connectivity index (χ3n) is 4.62. The zero-order valence-electron chi connectivity index (χ0n) is 14.8. The van der Waals surface area contributed by atoms with E-state index < -0.39 is 24.2 Å². The van der Waals surface area contributed by atoms with Gasteiger partial charge in [-0.05, 0) is 31.2 Å². The summed E-state index contributed by atoms with van der Waals surface area (Å²) < 4.78 is 46.9. The minimum absolute atomic E-state index is 0.0996. The molecule has 0 radical (unpaired) electrons. The van der Waals surface area contributed by atoms with Crippen LogP contribution >= 0.6 is 0 Å². The van der Waals surface area contributed by atoms with Gasteiger partial charge in [0.05, 0.1) is 12.3 Å². The van der Waals surface area contributed by atoms with E-state index in [9.17, 15) is 18.0 Å². The van der Waals surface area contributed by atoms with Gasteiger partial charge in [-0.3, -0.25) is 4.79 Å². The van der Waals surface area contributed by atoms with Crippen LogP contribution in [0.4, 0.5) is 24.7 Å². The van der Waals surface area contributed by atoms with Crippen LogP contribution in [0.2, 0.25) is 0 Å². The number of alkyl halides is 3. The molecule has 0 fully saturated rings. The lowest BCUT2D eigenvalue weighted by Gasteiger charge is -2.32. The van der Waals surface area contributed by atoms with E-state index >= 15 is 0 Å². The minimum Gasteiger partial charge on any atom is -0.467 e. The molecule has 0 aliphatic carbocycles. The third-order valence-corrected chi connectivity index (χ3v) is 4.62. The van der Waals surface area contributed by atoms with Crippen molar-refractivity contribution in [3.8, 4) is 0 Å². The van der Waals surface area contributed by atoms with Gasteiger partial charge in [0.15, 0.2) is 11.7 Å². The molecule has 1 aliphatic heterocycles. The van der Waals surface area contributed by atoms with E-state index in [1.165, 1.54) is 12.3 Å². The molecular weight excluding hydrogens is 373 g/mol. The van der Waals surface area contributed by atoms with Gasteiger partial charge >= 0.3 is 6.18 Å². The van der Waals surface area contributed by atoms with Crippen LogP contribution in [0.25, 0.3) is 0 Å². The number of nitrogens with one attached hydrogen (secondary N) is 2. The van der Waals surface area contributed by atoms with Crippen LogP contribution in [0.5, 0.6) is 0 Å². The molecule has 1 aromatic carbocycles. The van der Waals surface area contributed by atoms with Gasteiger partial charge in [-0.25, -0.2) is 4.68 Å². The van der Waals surface area contributed by atoms with Crippen molar-refractivity contribution in [3.05, 3.63) is 65.7 Å². The maximum Gasteiger partial charge on any atom is 0.410 e. The van der Waals surface area contributed by atoms with Crippen LogP contribution in [0.15, 0.2) is 53.1 Å². The van der Waals surface area contributed by atoms with E-state index in [0.29, 0.717) is 11.4 Å². The highest BCUT2D eigenvalue weighted by Crippen LogP contribution is 2.43. The van der Waals surface area contributed by atoms with Crippen molar-refractivity contribution in [1.29, 1.82) is 0 Å². The van der Waals surface area contributed by atoms with E-state index in [1.54, 1.807) is 24.3 Å². The third kappa shape index (κ3) is 3.47. The number of aryl methyl sites for hydroxylation is 1. The zero-order chi connectivity index (χ0) is 19.9. The molecule has 0 saturated carbocycles. The molecule has 3 aromatic rings. The number of fused-ring (bicyclic) bond motifs is 1. The molecule has 0 bridgehead atoms. The van der Waals surface area contributed by atoms with E-state index in [0.717, 1.165) is 10.2 Å². The largest absolute Gasteiger partial charge is 0.467 e. The topological polar surface area (TPSA) is 72.1 Å². The van der Waals surface area contributed by atoms with Crippen molar-refractivity contribution in [2.24, 2.45) is 0 Å². The van der Waals surface area contributed by atoms with Crippen LogP contribution in [0.3, 0.4) is 0 Å². The summed E-state index contributed by atoms with van der Waals surface area (Å²) in [6.45, 7) is 1.91. The zero-order valence-corrected chi connectivity index (χ0v) is 14.8. The Morgan fingerprint density at radius 2 is 2.04 bits per heavy atom. The number of amides is 1. The van der Waals surface area contributed by atoms with Crippen molar-refractivity contribution >= 4 is 17.4 Å². The quantitative estimate of drug-likeness (QED) is 0.680. The van der Waals surface area contributed by atoms with Crippen LogP contribution in [-0.2, 0) is 0 Å². The number of rotatable bonds is 3. The molecule has 1 amide bonds. The molecule has 3 heterocycles. The van der Waals surface area contributed by atoms with E-state index in [2.05, 4.69) is 15.7 Å². The number of halogens is 3. The van der Waals surface area contributed by atoms with Crippen LogP contribution in [-0.4, -0.2) is 21.9 Å². The Morgan fingerprint density at radius 1 is 1.29 bits per heavy atom. The maximum atomic E-state index is 13.6. The van der Waals surface area contributed by atoms with Crippen molar-refractivity contribution in [1.82, 2.24) is 9.78 Å². The van der Waals surface area contributed by atoms with Crippen molar-refractivity contribution in [2.45, 2.75) is 31.6 Å². The molecule has 2 unspecified atom stereocenters. The van der Waals surface area contributed by atoms with Crippen LogP contribution in [0, 0.1) is 6.92 Å². The van der Waals surface area contributed by atoms with Gasteiger partial charge in [0.1, 0.15) is 11.6 Å². The first-order chi connectivity index (χ1) is 13.3. The molecular formula is C19H17F3N4O2. The van der Waals surface area contributed by atoms with Gasteiger partial charge in [-0.2, -0.15) is 18.3 Å². The minimum atomic E-state index is -4.52. The fourth-order valence-electron chi connectivity index (χ4n) is 3.19. The highest BCUT2D eigenvalue weighted by Gasteiger charge is 2.47. The summed E-state index contributed by atoms with van der Waals surface area (Å²) in [5.41, 5.74) is 1.46. The number of furan rings is 1. The van der Waals surface area contributed by atoms with Crippen molar-refractivity contribution in [2.75, 3.05) is 10.6 Å². The van der Waals surface area contributed by atoms with Gasteiger partial charge in [-0.15, -0.1) is 0 Å². The Bertz CT molecular complexity index is 978. The first-order valence-electron chi connectivity index (χ1n) is 8.65. The Morgan fingerprint density at radius 3 is 2.68 bits per heavy atom. The predicted molar refractivity (Wildman–Crippen MR) is 96.1 cm³/mol. The summed E-state index contributed by atoms with van der Waals surface area (Å²) in [5, 5.41) is 9.54. The lowest BCUT2D eigenvalue weighted by molar-refractivity contribution is -0.174. The van der Waals surface area contributed by atoms with Crippen molar-refractivity contribution in [3.63, 3.8) is 0 Å². The highest BCUT2D eigenvalue weighted by molar-refractivity contribution is 6.03. The normalized spacial score (nSPS) is 19.0. The Kier molecular flexibility index (Phi) is 4.37. The molecule has 4 rings (SSSR count). The monoisotopic (exact) mass is 390 g/mol. The maximum absolute atomic E-state index is 13.6. The number of carbonyl (C=O) groups is 1. The number of hydrogen-bond acceptors (Lipinski definition) is 4. The molecule has 6 nitrogen and oxygen atoms in total. The van der Waals surface area contributed by atoms with Gasteiger partial charge in [-0.1, -0.05) is 17.7 Å². The molecule has 9 heteroatoms. The summed E-state index contributed by atoms with van der Waals surface area (Å²) in [6.07, 6.45) is -3.39. The summed E-state index contributed by atoms with van der Waals surface area (Å²) in [7, 11) is 0. The standard InChI is InChI=1S/C19H17F3N4O2/c1-11-4-6-12(7-5-11)23-18(27)14-10-17-24-13(15-3-2-8-28-15)9-16(19(20,21)22)26(17)25-14/h2-8,10,13,16,24H,9H2,1H3,(H,23,27). The molecule has 2 N–H and O–H groups in total. The molecule has 28 heavy (non-hydrogen) atoms. The molecule has 146 valence electrons. The second kappa shape index (κ2) is 6.74. The first-order valence-corrected chi connectivity index (χ1v) is 8.65. The highest BCUT2D eigenvalue weighted by atomic mass is 19.4. The van der Waals surface area contributed by atoms with E-state index in [1.807, 2.05) is 19.1 Å².